The van der Waals surface area contributed by atoms with E-state index >= 15 is 0 Å². The fourth-order valence-electron chi connectivity index (χ4n) is 2.11. The van der Waals surface area contributed by atoms with Crippen LogP contribution in [0.1, 0.15) is 28.4 Å². The summed E-state index contributed by atoms with van der Waals surface area (Å²) in [5.74, 6) is 0.279. The zero-order valence-corrected chi connectivity index (χ0v) is 13.8. The van der Waals surface area contributed by atoms with Crippen molar-refractivity contribution < 1.29 is 24.2 Å². The smallest absolute Gasteiger partial charge is 0.335 e. The Morgan fingerprint density at radius 3 is 2.46 bits per heavy atom. The third-order valence-corrected chi connectivity index (χ3v) is 3.41. The van der Waals surface area contributed by atoms with Crippen LogP contribution in [0.2, 0.25) is 0 Å². The van der Waals surface area contributed by atoms with E-state index < -0.39 is 5.97 Å². The van der Waals surface area contributed by atoms with Crippen molar-refractivity contribution in [2.45, 2.75) is 13.5 Å². The molecule has 0 aliphatic rings. The number of methoxy groups -OCH3 is 2. The third kappa shape index (κ3) is 4.25. The van der Waals surface area contributed by atoms with E-state index in [0.717, 1.165) is 11.1 Å². The van der Waals surface area contributed by atoms with Crippen molar-refractivity contribution in [3.8, 4) is 11.5 Å². The van der Waals surface area contributed by atoms with Gasteiger partial charge < -0.3 is 19.4 Å². The van der Waals surface area contributed by atoms with E-state index in [1.54, 1.807) is 38.5 Å². The number of ether oxygens (including phenoxy) is 2. The minimum atomic E-state index is -0.971. The quantitative estimate of drug-likeness (QED) is 0.623. The number of oxime groups is 1. The molecule has 1 N–H and O–H groups in total. The van der Waals surface area contributed by atoms with Gasteiger partial charge in [-0.15, -0.1) is 0 Å². The summed E-state index contributed by atoms with van der Waals surface area (Å²) in [6, 6.07) is 12.0. The van der Waals surface area contributed by atoms with E-state index in [4.69, 9.17) is 19.4 Å². The maximum atomic E-state index is 10.9. The molecule has 0 fully saturated rings. The Morgan fingerprint density at radius 1 is 1.04 bits per heavy atom. The molecule has 24 heavy (non-hydrogen) atoms. The molecule has 2 rings (SSSR count). The maximum Gasteiger partial charge on any atom is 0.335 e. The number of carboxylic acids is 1. The van der Waals surface area contributed by atoms with Gasteiger partial charge in [-0.25, -0.2) is 4.79 Å². The first-order chi connectivity index (χ1) is 11.5. The Morgan fingerprint density at radius 2 is 1.79 bits per heavy atom. The van der Waals surface area contributed by atoms with Gasteiger partial charge in [0.25, 0.3) is 0 Å². The first-order valence-corrected chi connectivity index (χ1v) is 7.26. The molecule has 0 aromatic heterocycles. The monoisotopic (exact) mass is 329 g/mol. The summed E-state index contributed by atoms with van der Waals surface area (Å²) >= 11 is 0. The van der Waals surface area contributed by atoms with E-state index in [9.17, 15) is 4.79 Å². The van der Waals surface area contributed by atoms with Gasteiger partial charge in [0.1, 0.15) is 6.61 Å². The van der Waals surface area contributed by atoms with Crippen LogP contribution in [-0.2, 0) is 11.4 Å². The van der Waals surface area contributed by atoms with E-state index in [1.807, 2.05) is 19.1 Å². The summed E-state index contributed by atoms with van der Waals surface area (Å²) in [4.78, 5) is 16.3. The van der Waals surface area contributed by atoms with Gasteiger partial charge in [0.05, 0.1) is 25.5 Å². The van der Waals surface area contributed by atoms with Gasteiger partial charge in [-0.2, -0.15) is 0 Å². The molecular formula is C18H19NO5. The Kier molecular flexibility index (Phi) is 5.78. The average Bonchev–Trinajstić information content (AvgIpc) is 2.61. The van der Waals surface area contributed by atoms with Crippen molar-refractivity contribution in [3.63, 3.8) is 0 Å². The molecule has 0 saturated heterocycles. The summed E-state index contributed by atoms with van der Waals surface area (Å²) in [5.41, 5.74) is 2.47. The number of hydrogen-bond acceptors (Lipinski definition) is 5. The lowest BCUT2D eigenvalue weighted by Gasteiger charge is -2.09. The molecule has 0 spiro atoms. The minimum absolute atomic E-state index is 0.186. The summed E-state index contributed by atoms with van der Waals surface area (Å²) in [6.45, 7) is 2.00. The predicted molar refractivity (Wildman–Crippen MR) is 89.9 cm³/mol. The Bertz CT molecular complexity index is 755. The number of aromatic carboxylic acids is 1. The molecule has 2 aromatic rings. The van der Waals surface area contributed by atoms with Crippen molar-refractivity contribution in [1.82, 2.24) is 0 Å². The van der Waals surface area contributed by atoms with E-state index in [1.165, 1.54) is 6.07 Å². The summed E-state index contributed by atoms with van der Waals surface area (Å²) in [7, 11) is 3.15. The van der Waals surface area contributed by atoms with Gasteiger partial charge in [0.15, 0.2) is 11.5 Å². The van der Waals surface area contributed by atoms with Crippen LogP contribution in [-0.4, -0.2) is 31.0 Å². The van der Waals surface area contributed by atoms with Crippen LogP contribution in [0, 0.1) is 0 Å². The van der Waals surface area contributed by atoms with Crippen LogP contribution in [0.15, 0.2) is 47.6 Å². The number of nitrogens with zero attached hydrogens (tertiary/aromatic N) is 1. The lowest BCUT2D eigenvalue weighted by molar-refractivity contribution is 0.0696. The fraction of sp³-hybridized carbons (Fsp3) is 0.222. The average molecular weight is 329 g/mol. The molecule has 0 heterocycles. The molecule has 0 bridgehead atoms. The number of hydrogen-bond donors (Lipinski definition) is 1. The highest BCUT2D eigenvalue weighted by Crippen LogP contribution is 2.27. The SMILES string of the molecule is COc1ccc(/C(C)=N/OCc2cccc(C(=O)O)c2)cc1OC. The van der Waals surface area contributed by atoms with Gasteiger partial charge in [-0.1, -0.05) is 17.3 Å². The first-order valence-electron chi connectivity index (χ1n) is 7.26. The van der Waals surface area contributed by atoms with Crippen molar-refractivity contribution >= 4 is 11.7 Å². The summed E-state index contributed by atoms with van der Waals surface area (Å²) in [5, 5.41) is 13.0. The highest BCUT2D eigenvalue weighted by molar-refractivity contribution is 5.98. The second-order valence-corrected chi connectivity index (χ2v) is 5.03. The summed E-state index contributed by atoms with van der Waals surface area (Å²) in [6.07, 6.45) is 0. The number of carbonyl (C=O) groups is 1. The summed E-state index contributed by atoms with van der Waals surface area (Å²) < 4.78 is 10.5. The van der Waals surface area contributed by atoms with Crippen LogP contribution in [0.25, 0.3) is 0 Å². The Hall–Kier alpha value is -3.02. The third-order valence-electron chi connectivity index (χ3n) is 3.41. The highest BCUT2D eigenvalue weighted by atomic mass is 16.6. The van der Waals surface area contributed by atoms with Gasteiger partial charge in [-0.05, 0) is 42.8 Å². The number of rotatable bonds is 7. The second kappa shape index (κ2) is 8.01. The topological polar surface area (TPSA) is 77.4 Å². The van der Waals surface area contributed by atoms with E-state index in [0.29, 0.717) is 17.2 Å². The van der Waals surface area contributed by atoms with Crippen molar-refractivity contribution in [2.24, 2.45) is 5.16 Å². The van der Waals surface area contributed by atoms with Crippen molar-refractivity contribution in [3.05, 3.63) is 59.2 Å². The van der Waals surface area contributed by atoms with Crippen LogP contribution in [0.4, 0.5) is 0 Å². The molecule has 2 aromatic carbocycles. The molecule has 0 atom stereocenters. The van der Waals surface area contributed by atoms with Crippen LogP contribution >= 0.6 is 0 Å². The molecule has 0 aliphatic carbocycles. The molecule has 0 unspecified atom stereocenters. The van der Waals surface area contributed by atoms with Gasteiger partial charge in [-0.3, -0.25) is 0 Å². The lowest BCUT2D eigenvalue weighted by Crippen LogP contribution is -2.00. The van der Waals surface area contributed by atoms with E-state index in [-0.39, 0.29) is 12.2 Å². The van der Waals surface area contributed by atoms with Crippen LogP contribution in [0.5, 0.6) is 11.5 Å². The standard InChI is InChI=1S/C18H19NO5/c1-12(14-7-8-16(22-2)17(10-14)23-3)19-24-11-13-5-4-6-15(9-13)18(20)21/h4-10H,11H2,1-3H3,(H,20,21)/b19-12+. The van der Waals surface area contributed by atoms with Crippen LogP contribution < -0.4 is 9.47 Å². The maximum absolute atomic E-state index is 10.9. The molecule has 126 valence electrons. The minimum Gasteiger partial charge on any atom is -0.493 e. The molecule has 0 radical (unpaired) electrons. The Balaban J connectivity index is 2.06. The lowest BCUT2D eigenvalue weighted by atomic mass is 10.1. The highest BCUT2D eigenvalue weighted by Gasteiger charge is 2.07. The number of benzene rings is 2. The first kappa shape index (κ1) is 17.3. The molecule has 0 aliphatic heterocycles. The second-order valence-electron chi connectivity index (χ2n) is 5.03. The van der Waals surface area contributed by atoms with Crippen molar-refractivity contribution in [1.29, 1.82) is 0 Å². The predicted octanol–water partition coefficient (Wildman–Crippen LogP) is 3.34. The molecule has 0 amide bonds. The zero-order valence-electron chi connectivity index (χ0n) is 13.8. The van der Waals surface area contributed by atoms with Gasteiger partial charge in [0, 0.05) is 5.56 Å². The largest absolute Gasteiger partial charge is 0.493 e. The molecule has 0 saturated carbocycles. The normalized spacial score (nSPS) is 11.0. The van der Waals surface area contributed by atoms with Gasteiger partial charge >= 0.3 is 5.97 Å². The van der Waals surface area contributed by atoms with E-state index in [2.05, 4.69) is 5.16 Å². The van der Waals surface area contributed by atoms with Crippen molar-refractivity contribution in [2.75, 3.05) is 14.2 Å². The zero-order chi connectivity index (χ0) is 17.5. The molecule has 6 nitrogen and oxygen atoms in total. The molecular weight excluding hydrogens is 310 g/mol. The number of carboxylic acid groups (broad SMARTS) is 1. The van der Waals surface area contributed by atoms with Crippen LogP contribution in [0.3, 0.4) is 0 Å². The molecule has 6 heteroatoms. The Labute approximate surface area is 140 Å². The fourth-order valence-corrected chi connectivity index (χ4v) is 2.11. The van der Waals surface area contributed by atoms with Gasteiger partial charge in [0.2, 0.25) is 0 Å².